The first-order chi connectivity index (χ1) is 12.2. The molecule has 0 aliphatic heterocycles. The standard InChI is InChI=1S/C22H35NO2/c1-25-22(24)13-7-11-19-14-16-20(17-15-19)21(23)12-6-5-10-18-8-3-2-4-9-18/h14-18,21H,2-13,23H2,1H3. The lowest BCUT2D eigenvalue weighted by atomic mass is 9.85. The number of rotatable bonds is 10. The van der Waals surface area contributed by atoms with E-state index in [0.717, 1.165) is 25.2 Å². The highest BCUT2D eigenvalue weighted by atomic mass is 16.5. The Balaban J connectivity index is 1.63. The van der Waals surface area contributed by atoms with E-state index in [1.165, 1.54) is 69.6 Å². The molecule has 0 heterocycles. The van der Waals surface area contributed by atoms with Gasteiger partial charge >= 0.3 is 5.97 Å². The second-order valence-electron chi connectivity index (χ2n) is 7.57. The van der Waals surface area contributed by atoms with Crippen LogP contribution in [0.15, 0.2) is 24.3 Å². The Morgan fingerprint density at radius 3 is 2.52 bits per heavy atom. The van der Waals surface area contributed by atoms with Crippen molar-refractivity contribution in [2.75, 3.05) is 7.11 Å². The zero-order chi connectivity index (χ0) is 17.9. The van der Waals surface area contributed by atoms with Crippen LogP contribution in [0.5, 0.6) is 0 Å². The molecule has 2 N–H and O–H groups in total. The molecule has 25 heavy (non-hydrogen) atoms. The van der Waals surface area contributed by atoms with E-state index in [1.807, 2.05) is 0 Å². The lowest BCUT2D eigenvalue weighted by molar-refractivity contribution is -0.140. The van der Waals surface area contributed by atoms with Crippen LogP contribution in [0.25, 0.3) is 0 Å². The maximum absolute atomic E-state index is 11.1. The molecule has 0 amide bonds. The van der Waals surface area contributed by atoms with Crippen LogP contribution < -0.4 is 5.73 Å². The summed E-state index contributed by atoms with van der Waals surface area (Å²) in [7, 11) is 1.44. The summed E-state index contributed by atoms with van der Waals surface area (Å²) in [6.45, 7) is 0. The Hall–Kier alpha value is -1.35. The van der Waals surface area contributed by atoms with Crippen molar-refractivity contribution >= 4 is 5.97 Å². The van der Waals surface area contributed by atoms with Crippen molar-refractivity contribution in [1.82, 2.24) is 0 Å². The molecule has 1 aliphatic carbocycles. The number of hydrogen-bond donors (Lipinski definition) is 1. The van der Waals surface area contributed by atoms with Gasteiger partial charge in [0.2, 0.25) is 0 Å². The number of esters is 1. The zero-order valence-corrected chi connectivity index (χ0v) is 15.8. The third-order valence-corrected chi connectivity index (χ3v) is 5.58. The van der Waals surface area contributed by atoms with Crippen molar-refractivity contribution < 1.29 is 9.53 Å². The topological polar surface area (TPSA) is 52.3 Å². The molecular weight excluding hydrogens is 310 g/mol. The van der Waals surface area contributed by atoms with Crippen LogP contribution in [0.2, 0.25) is 0 Å². The van der Waals surface area contributed by atoms with Crippen molar-refractivity contribution in [2.45, 2.75) is 83.1 Å². The third-order valence-electron chi connectivity index (χ3n) is 5.58. The molecule has 1 aliphatic rings. The van der Waals surface area contributed by atoms with Crippen LogP contribution in [0.3, 0.4) is 0 Å². The summed E-state index contributed by atoms with van der Waals surface area (Å²) < 4.78 is 4.67. The van der Waals surface area contributed by atoms with E-state index < -0.39 is 0 Å². The zero-order valence-electron chi connectivity index (χ0n) is 15.8. The van der Waals surface area contributed by atoms with Gasteiger partial charge in [-0.05, 0) is 36.3 Å². The molecule has 1 aromatic rings. The van der Waals surface area contributed by atoms with Crippen LogP contribution in [0.4, 0.5) is 0 Å². The second-order valence-corrected chi connectivity index (χ2v) is 7.57. The summed E-state index contributed by atoms with van der Waals surface area (Å²) >= 11 is 0. The number of ether oxygens (including phenoxy) is 1. The summed E-state index contributed by atoms with van der Waals surface area (Å²) in [5, 5.41) is 0. The van der Waals surface area contributed by atoms with Gasteiger partial charge in [-0.1, -0.05) is 75.6 Å². The van der Waals surface area contributed by atoms with E-state index in [-0.39, 0.29) is 12.0 Å². The molecule has 1 unspecified atom stereocenters. The van der Waals surface area contributed by atoms with Crippen LogP contribution in [0.1, 0.15) is 87.8 Å². The molecule has 0 saturated heterocycles. The normalized spacial score (nSPS) is 16.6. The summed E-state index contributed by atoms with van der Waals surface area (Å²) in [6.07, 6.45) is 14.5. The number of aryl methyl sites for hydroxylation is 1. The molecule has 1 atom stereocenters. The molecule has 1 fully saturated rings. The van der Waals surface area contributed by atoms with E-state index in [4.69, 9.17) is 5.73 Å². The van der Waals surface area contributed by atoms with E-state index in [1.54, 1.807) is 0 Å². The number of benzene rings is 1. The van der Waals surface area contributed by atoms with Gasteiger partial charge in [0.15, 0.2) is 0 Å². The maximum atomic E-state index is 11.1. The fraction of sp³-hybridized carbons (Fsp3) is 0.682. The fourth-order valence-electron chi connectivity index (χ4n) is 3.91. The van der Waals surface area contributed by atoms with Crippen molar-refractivity contribution in [3.05, 3.63) is 35.4 Å². The van der Waals surface area contributed by atoms with Crippen LogP contribution >= 0.6 is 0 Å². The minimum atomic E-state index is -0.133. The highest BCUT2D eigenvalue weighted by molar-refractivity contribution is 5.69. The van der Waals surface area contributed by atoms with E-state index >= 15 is 0 Å². The Labute approximate surface area is 153 Å². The van der Waals surface area contributed by atoms with Gasteiger partial charge in [-0.25, -0.2) is 0 Å². The Bertz CT molecular complexity index is 491. The van der Waals surface area contributed by atoms with Crippen molar-refractivity contribution in [1.29, 1.82) is 0 Å². The lowest BCUT2D eigenvalue weighted by Gasteiger charge is -2.21. The second kappa shape index (κ2) is 11.3. The van der Waals surface area contributed by atoms with E-state index in [2.05, 4.69) is 29.0 Å². The largest absolute Gasteiger partial charge is 0.469 e. The van der Waals surface area contributed by atoms with Crippen molar-refractivity contribution in [2.24, 2.45) is 11.7 Å². The highest BCUT2D eigenvalue weighted by Gasteiger charge is 2.13. The van der Waals surface area contributed by atoms with Crippen molar-refractivity contribution in [3.8, 4) is 0 Å². The number of carbonyl (C=O) groups excluding carboxylic acids is 1. The Kier molecular flexibility index (Phi) is 9.03. The predicted octanol–water partition coefficient (Wildman–Crippen LogP) is 5.32. The third kappa shape index (κ3) is 7.60. The Morgan fingerprint density at radius 1 is 1.12 bits per heavy atom. The molecule has 1 saturated carbocycles. The molecule has 0 aromatic heterocycles. The summed E-state index contributed by atoms with van der Waals surface area (Å²) in [6, 6.07) is 8.75. The number of nitrogens with two attached hydrogens (primary N) is 1. The van der Waals surface area contributed by atoms with Crippen LogP contribution in [0, 0.1) is 5.92 Å². The molecule has 2 rings (SSSR count). The quantitative estimate of drug-likeness (QED) is 0.461. The average Bonchev–Trinajstić information content (AvgIpc) is 2.66. The van der Waals surface area contributed by atoms with Gasteiger partial charge in [0.05, 0.1) is 7.11 Å². The number of hydrogen-bond acceptors (Lipinski definition) is 3. The molecule has 3 heteroatoms. The van der Waals surface area contributed by atoms with E-state index in [9.17, 15) is 4.79 Å². The van der Waals surface area contributed by atoms with E-state index in [0.29, 0.717) is 6.42 Å². The number of unbranched alkanes of at least 4 members (excludes halogenated alkanes) is 1. The summed E-state index contributed by atoms with van der Waals surface area (Å²) in [5.74, 6) is 0.848. The smallest absolute Gasteiger partial charge is 0.305 e. The number of carbonyl (C=O) groups is 1. The van der Waals surface area contributed by atoms with Gasteiger partial charge in [-0.2, -0.15) is 0 Å². The van der Waals surface area contributed by atoms with Crippen LogP contribution in [-0.2, 0) is 16.0 Å². The van der Waals surface area contributed by atoms with Gasteiger partial charge in [0, 0.05) is 12.5 Å². The average molecular weight is 346 g/mol. The summed E-state index contributed by atoms with van der Waals surface area (Å²) in [4.78, 5) is 11.1. The van der Waals surface area contributed by atoms with Gasteiger partial charge in [-0.3, -0.25) is 4.79 Å². The van der Waals surface area contributed by atoms with Gasteiger partial charge < -0.3 is 10.5 Å². The minimum absolute atomic E-state index is 0.133. The first-order valence-electron chi connectivity index (χ1n) is 10.1. The molecule has 140 valence electrons. The molecule has 0 spiro atoms. The molecule has 0 radical (unpaired) electrons. The van der Waals surface area contributed by atoms with Crippen molar-refractivity contribution in [3.63, 3.8) is 0 Å². The fourth-order valence-corrected chi connectivity index (χ4v) is 3.91. The first-order valence-corrected chi connectivity index (χ1v) is 10.1. The minimum Gasteiger partial charge on any atom is -0.469 e. The summed E-state index contributed by atoms with van der Waals surface area (Å²) in [5.41, 5.74) is 8.85. The maximum Gasteiger partial charge on any atom is 0.305 e. The van der Waals surface area contributed by atoms with Gasteiger partial charge in [-0.15, -0.1) is 0 Å². The van der Waals surface area contributed by atoms with Gasteiger partial charge in [0.25, 0.3) is 0 Å². The molecular formula is C22H35NO2. The first kappa shape index (κ1) is 20.0. The predicted molar refractivity (Wildman–Crippen MR) is 103 cm³/mol. The molecule has 0 bridgehead atoms. The van der Waals surface area contributed by atoms with Crippen LogP contribution in [-0.4, -0.2) is 13.1 Å². The Morgan fingerprint density at radius 2 is 1.84 bits per heavy atom. The highest BCUT2D eigenvalue weighted by Crippen LogP contribution is 2.28. The molecule has 1 aromatic carbocycles. The van der Waals surface area contributed by atoms with Gasteiger partial charge in [0.1, 0.15) is 0 Å². The monoisotopic (exact) mass is 345 g/mol. The lowest BCUT2D eigenvalue weighted by Crippen LogP contribution is -2.11. The number of methoxy groups -OCH3 is 1. The molecule has 3 nitrogen and oxygen atoms in total. The SMILES string of the molecule is COC(=O)CCCc1ccc(C(N)CCCCC2CCCCC2)cc1.